The molecule has 0 saturated carbocycles. The van der Waals surface area contributed by atoms with Crippen molar-refractivity contribution in [1.82, 2.24) is 19.9 Å². The second kappa shape index (κ2) is 5.28. The van der Waals surface area contributed by atoms with E-state index in [9.17, 15) is 5.11 Å². The third kappa shape index (κ3) is 2.46. The summed E-state index contributed by atoms with van der Waals surface area (Å²) >= 11 is 0. The highest BCUT2D eigenvalue weighted by molar-refractivity contribution is 5.45. The van der Waals surface area contributed by atoms with Gasteiger partial charge in [-0.3, -0.25) is 0 Å². The Morgan fingerprint density at radius 2 is 2.17 bits per heavy atom. The highest BCUT2D eigenvalue weighted by atomic mass is 16.3. The Kier molecular flexibility index (Phi) is 3.11. The number of fused-ring (bicyclic) bond motifs is 1. The van der Waals surface area contributed by atoms with E-state index < -0.39 is 0 Å². The Hall–Kier alpha value is -3.09. The fourth-order valence-corrected chi connectivity index (χ4v) is 2.99. The number of nitrogen functional groups attached to an aromatic ring is 1. The largest absolute Gasteiger partial charge is 0.508 e. The first kappa shape index (κ1) is 13.6. The number of nitrogens with two attached hydrogens (primary N) is 1. The van der Waals surface area contributed by atoms with Gasteiger partial charge < -0.3 is 20.7 Å². The fraction of sp³-hybridized carbons (Fsp3) is 0.188. The minimum absolute atomic E-state index is 0.0298. The van der Waals surface area contributed by atoms with Crippen LogP contribution in [0.5, 0.6) is 5.75 Å². The van der Waals surface area contributed by atoms with E-state index in [0.29, 0.717) is 24.9 Å². The molecule has 4 rings (SSSR count). The van der Waals surface area contributed by atoms with Crippen molar-refractivity contribution in [3.05, 3.63) is 59.8 Å². The maximum Gasteiger partial charge on any atom is 0.227 e. The van der Waals surface area contributed by atoms with Crippen molar-refractivity contribution >= 4 is 11.8 Å². The number of benzene rings is 1. The van der Waals surface area contributed by atoms with Crippen molar-refractivity contribution in [3.63, 3.8) is 0 Å². The number of rotatable bonds is 2. The van der Waals surface area contributed by atoms with Gasteiger partial charge in [-0.1, -0.05) is 12.1 Å². The van der Waals surface area contributed by atoms with Gasteiger partial charge in [-0.2, -0.15) is 4.98 Å². The lowest BCUT2D eigenvalue weighted by molar-refractivity contribution is 0.473. The first-order valence-corrected chi connectivity index (χ1v) is 7.35. The summed E-state index contributed by atoms with van der Waals surface area (Å²) in [7, 11) is 0. The number of hydrogen-bond donors (Lipinski definition) is 3. The zero-order valence-electron chi connectivity index (χ0n) is 12.3. The van der Waals surface area contributed by atoms with E-state index in [1.807, 2.05) is 12.1 Å². The van der Waals surface area contributed by atoms with Crippen LogP contribution in [0.4, 0.5) is 11.8 Å². The number of aromatic nitrogens is 4. The lowest BCUT2D eigenvalue weighted by Gasteiger charge is -2.32. The average molecular weight is 308 g/mol. The molecule has 3 heterocycles. The summed E-state index contributed by atoms with van der Waals surface area (Å²) in [6.07, 6.45) is 3.35. The smallest absolute Gasteiger partial charge is 0.227 e. The summed E-state index contributed by atoms with van der Waals surface area (Å²) in [6, 6.07) is 8.94. The third-order valence-corrected chi connectivity index (χ3v) is 4.05. The van der Waals surface area contributed by atoms with E-state index in [1.165, 1.54) is 0 Å². The maximum atomic E-state index is 9.78. The molecule has 0 saturated heterocycles. The van der Waals surface area contributed by atoms with Crippen molar-refractivity contribution in [1.29, 1.82) is 0 Å². The number of nitrogens with one attached hydrogen (secondary N) is 1. The van der Waals surface area contributed by atoms with Crippen LogP contribution in [-0.4, -0.2) is 31.6 Å². The molecule has 2 aromatic heterocycles. The van der Waals surface area contributed by atoms with E-state index in [1.54, 1.807) is 30.7 Å². The molecule has 7 nitrogen and oxygen atoms in total. The topological polar surface area (TPSA) is 104 Å². The van der Waals surface area contributed by atoms with Crippen molar-refractivity contribution in [2.45, 2.75) is 12.5 Å². The molecule has 3 aromatic rings. The van der Waals surface area contributed by atoms with Gasteiger partial charge >= 0.3 is 0 Å². The minimum atomic E-state index is 0.0298. The molecular weight excluding hydrogens is 292 g/mol. The first-order chi connectivity index (χ1) is 11.2. The zero-order chi connectivity index (χ0) is 15.8. The van der Waals surface area contributed by atoms with Gasteiger partial charge in [0.15, 0.2) is 0 Å². The highest BCUT2D eigenvalue weighted by Crippen LogP contribution is 2.34. The standard InChI is InChI=1S/C16H16N6O/c17-14-4-5-18-16(21-14)22-7-12(10-2-1-3-11(23)6-10)15-13(8-22)19-9-20-15/h1-6,9,12,23H,7-8H2,(H,19,20)(H2,17,18,21). The Morgan fingerprint density at radius 3 is 3.00 bits per heavy atom. The molecule has 0 bridgehead atoms. The van der Waals surface area contributed by atoms with Gasteiger partial charge in [0.25, 0.3) is 0 Å². The Balaban J connectivity index is 1.75. The van der Waals surface area contributed by atoms with Crippen molar-refractivity contribution < 1.29 is 5.11 Å². The molecule has 4 N–H and O–H groups in total. The molecule has 0 amide bonds. The van der Waals surface area contributed by atoms with Crippen LogP contribution >= 0.6 is 0 Å². The van der Waals surface area contributed by atoms with Crippen molar-refractivity contribution in [3.8, 4) is 5.75 Å². The molecule has 1 atom stereocenters. The zero-order valence-corrected chi connectivity index (χ0v) is 12.3. The van der Waals surface area contributed by atoms with Gasteiger partial charge in [-0.05, 0) is 23.8 Å². The monoisotopic (exact) mass is 308 g/mol. The van der Waals surface area contributed by atoms with Crippen molar-refractivity contribution in [2.24, 2.45) is 0 Å². The summed E-state index contributed by atoms with van der Waals surface area (Å²) in [4.78, 5) is 18.3. The number of imidazole rings is 1. The number of aromatic amines is 1. The first-order valence-electron chi connectivity index (χ1n) is 7.35. The van der Waals surface area contributed by atoms with Crippen LogP contribution in [0.25, 0.3) is 0 Å². The number of hydrogen-bond acceptors (Lipinski definition) is 6. The lowest BCUT2D eigenvalue weighted by Crippen LogP contribution is -2.35. The van der Waals surface area contributed by atoms with E-state index in [0.717, 1.165) is 17.0 Å². The van der Waals surface area contributed by atoms with Crippen LogP contribution in [0.2, 0.25) is 0 Å². The third-order valence-electron chi connectivity index (χ3n) is 4.05. The molecular formula is C16H16N6O. The molecule has 1 aromatic carbocycles. The van der Waals surface area contributed by atoms with Gasteiger partial charge in [0, 0.05) is 18.7 Å². The van der Waals surface area contributed by atoms with E-state index >= 15 is 0 Å². The van der Waals surface area contributed by atoms with Gasteiger partial charge in [-0.25, -0.2) is 9.97 Å². The Labute approximate surface area is 132 Å². The molecule has 1 aliphatic heterocycles. The SMILES string of the molecule is Nc1ccnc(N2Cc3[nH]cnc3C(c3cccc(O)c3)C2)n1. The number of anilines is 2. The average Bonchev–Trinajstić information content (AvgIpc) is 3.02. The maximum absolute atomic E-state index is 9.78. The fourth-order valence-electron chi connectivity index (χ4n) is 2.99. The number of nitrogens with zero attached hydrogens (tertiary/aromatic N) is 4. The number of aromatic hydroxyl groups is 1. The predicted octanol–water partition coefficient (Wildman–Crippen LogP) is 1.64. The van der Waals surface area contributed by atoms with Crippen LogP contribution in [-0.2, 0) is 6.54 Å². The second-order valence-corrected chi connectivity index (χ2v) is 5.58. The predicted molar refractivity (Wildman–Crippen MR) is 86.0 cm³/mol. The van der Waals surface area contributed by atoms with Gasteiger partial charge in [0.2, 0.25) is 5.95 Å². The van der Waals surface area contributed by atoms with Crippen LogP contribution in [0.15, 0.2) is 42.9 Å². The molecule has 7 heteroatoms. The number of H-pyrrole nitrogens is 1. The van der Waals surface area contributed by atoms with Gasteiger partial charge in [0.05, 0.1) is 24.3 Å². The van der Waals surface area contributed by atoms with Crippen LogP contribution < -0.4 is 10.6 Å². The molecule has 23 heavy (non-hydrogen) atoms. The normalized spacial score (nSPS) is 17.0. The molecule has 116 valence electrons. The molecule has 0 aliphatic carbocycles. The number of phenolic OH excluding ortho intramolecular Hbond substituents is 1. The number of phenols is 1. The van der Waals surface area contributed by atoms with Crippen LogP contribution in [0, 0.1) is 0 Å². The summed E-state index contributed by atoms with van der Waals surface area (Å²) in [5.74, 6) is 1.31. The summed E-state index contributed by atoms with van der Waals surface area (Å²) in [5.41, 5.74) is 8.80. The van der Waals surface area contributed by atoms with E-state index in [-0.39, 0.29) is 11.7 Å². The molecule has 0 fully saturated rings. The van der Waals surface area contributed by atoms with Gasteiger partial charge in [0.1, 0.15) is 11.6 Å². The van der Waals surface area contributed by atoms with Crippen molar-refractivity contribution in [2.75, 3.05) is 17.2 Å². The Morgan fingerprint density at radius 1 is 1.26 bits per heavy atom. The summed E-state index contributed by atoms with van der Waals surface area (Å²) in [5, 5.41) is 9.78. The molecule has 0 spiro atoms. The summed E-state index contributed by atoms with van der Waals surface area (Å²) in [6.45, 7) is 1.32. The lowest BCUT2D eigenvalue weighted by atomic mass is 9.91. The van der Waals surface area contributed by atoms with E-state index in [4.69, 9.17) is 5.73 Å². The summed E-state index contributed by atoms with van der Waals surface area (Å²) < 4.78 is 0. The second-order valence-electron chi connectivity index (χ2n) is 5.58. The van der Waals surface area contributed by atoms with E-state index in [2.05, 4.69) is 24.8 Å². The quantitative estimate of drug-likeness (QED) is 0.665. The molecule has 1 unspecified atom stereocenters. The Bertz CT molecular complexity index is 846. The molecule has 1 aliphatic rings. The van der Waals surface area contributed by atoms with Gasteiger partial charge in [-0.15, -0.1) is 0 Å². The minimum Gasteiger partial charge on any atom is -0.508 e. The molecule has 0 radical (unpaired) electrons. The highest BCUT2D eigenvalue weighted by Gasteiger charge is 2.30. The van der Waals surface area contributed by atoms with Crippen LogP contribution in [0.1, 0.15) is 22.9 Å². The van der Waals surface area contributed by atoms with Crippen LogP contribution in [0.3, 0.4) is 0 Å².